The second-order valence-corrected chi connectivity index (χ2v) is 5.64. The summed E-state index contributed by atoms with van der Waals surface area (Å²) in [6.45, 7) is 1.91. The first-order chi connectivity index (χ1) is 9.48. The number of allylic oxidation sites excluding steroid dienone is 2. The third-order valence-corrected chi connectivity index (χ3v) is 4.26. The van der Waals surface area contributed by atoms with Crippen LogP contribution < -0.4 is 9.64 Å². The Kier molecular flexibility index (Phi) is 2.71. The van der Waals surface area contributed by atoms with Crippen LogP contribution in [-0.4, -0.2) is 25.8 Å². The minimum Gasteiger partial charge on any atom is -0.497 e. The van der Waals surface area contributed by atoms with E-state index in [-0.39, 0.29) is 18.1 Å². The lowest BCUT2D eigenvalue weighted by atomic mass is 9.70. The summed E-state index contributed by atoms with van der Waals surface area (Å²) in [5, 5.41) is 0. The monoisotopic (exact) mass is 271 g/mol. The van der Waals surface area contributed by atoms with Crippen molar-refractivity contribution in [2.75, 3.05) is 19.1 Å². The molecule has 0 fully saturated rings. The van der Waals surface area contributed by atoms with Gasteiger partial charge >= 0.3 is 0 Å². The van der Waals surface area contributed by atoms with Crippen molar-refractivity contribution in [1.29, 1.82) is 0 Å². The number of likely N-dealkylation sites (N-methyl/N-ethyl adjacent to an activating group) is 1. The molecule has 2 aliphatic rings. The molecule has 0 aromatic heterocycles. The van der Waals surface area contributed by atoms with Crippen LogP contribution in [0.2, 0.25) is 0 Å². The smallest absolute Gasteiger partial charge is 0.238 e. The number of amides is 1. The van der Waals surface area contributed by atoms with E-state index in [0.717, 1.165) is 16.8 Å². The van der Waals surface area contributed by atoms with Gasteiger partial charge in [0.1, 0.15) is 5.75 Å². The Labute approximate surface area is 118 Å². The first kappa shape index (κ1) is 12.9. The van der Waals surface area contributed by atoms with Crippen LogP contribution in [0, 0.1) is 0 Å². The van der Waals surface area contributed by atoms with Gasteiger partial charge in [-0.25, -0.2) is 0 Å². The van der Waals surface area contributed by atoms with Crippen LogP contribution in [0.1, 0.15) is 25.3 Å². The number of hydrogen-bond donors (Lipinski definition) is 0. The molecule has 104 valence electrons. The fourth-order valence-electron chi connectivity index (χ4n) is 3.42. The lowest BCUT2D eigenvalue weighted by Crippen LogP contribution is -2.42. The molecule has 1 heterocycles. The molecule has 0 radical (unpaired) electrons. The van der Waals surface area contributed by atoms with Crippen LogP contribution in [0.15, 0.2) is 29.8 Å². The van der Waals surface area contributed by atoms with Crippen LogP contribution in [0.3, 0.4) is 0 Å². The van der Waals surface area contributed by atoms with Gasteiger partial charge in [-0.15, -0.1) is 0 Å². The standard InChI is InChI=1S/C16H17NO3/c1-10-6-11(18)9-16(8-10)13-7-12(20-3)4-5-14(13)17(2)15(16)19/h4-7H,8-9H2,1-3H3/t16-/m0/s1. The molecular weight excluding hydrogens is 254 g/mol. The van der Waals surface area contributed by atoms with Crippen LogP contribution in [-0.2, 0) is 15.0 Å². The average molecular weight is 271 g/mol. The van der Waals surface area contributed by atoms with E-state index in [1.807, 2.05) is 25.1 Å². The molecule has 20 heavy (non-hydrogen) atoms. The van der Waals surface area contributed by atoms with Crippen molar-refractivity contribution in [2.45, 2.75) is 25.2 Å². The molecule has 1 atom stereocenters. The van der Waals surface area contributed by atoms with Crippen molar-refractivity contribution in [3.8, 4) is 5.75 Å². The van der Waals surface area contributed by atoms with E-state index < -0.39 is 5.41 Å². The van der Waals surface area contributed by atoms with Crippen LogP contribution >= 0.6 is 0 Å². The summed E-state index contributed by atoms with van der Waals surface area (Å²) >= 11 is 0. The number of methoxy groups -OCH3 is 1. The molecule has 3 rings (SSSR count). The molecule has 4 nitrogen and oxygen atoms in total. The molecule has 1 aliphatic carbocycles. The van der Waals surface area contributed by atoms with E-state index >= 15 is 0 Å². The largest absolute Gasteiger partial charge is 0.497 e. The highest BCUT2D eigenvalue weighted by Crippen LogP contribution is 2.49. The Morgan fingerprint density at radius 1 is 1.25 bits per heavy atom. The highest BCUT2D eigenvalue weighted by molar-refractivity contribution is 6.12. The highest BCUT2D eigenvalue weighted by atomic mass is 16.5. The fourth-order valence-corrected chi connectivity index (χ4v) is 3.42. The fraction of sp³-hybridized carbons (Fsp3) is 0.375. The Morgan fingerprint density at radius 2 is 2.00 bits per heavy atom. The minimum absolute atomic E-state index is 0.00144. The molecule has 1 aromatic rings. The average Bonchev–Trinajstić information content (AvgIpc) is 2.60. The number of nitrogens with zero attached hydrogens (tertiary/aromatic N) is 1. The molecule has 1 amide bonds. The van der Waals surface area contributed by atoms with E-state index in [9.17, 15) is 9.59 Å². The zero-order valence-electron chi connectivity index (χ0n) is 11.9. The maximum Gasteiger partial charge on any atom is 0.238 e. The van der Waals surface area contributed by atoms with E-state index in [0.29, 0.717) is 12.2 Å². The van der Waals surface area contributed by atoms with Crippen LogP contribution in [0.4, 0.5) is 5.69 Å². The predicted octanol–water partition coefficient (Wildman–Crippen LogP) is 2.22. The summed E-state index contributed by atoms with van der Waals surface area (Å²) in [5.74, 6) is 0.735. The number of anilines is 1. The molecular formula is C16H17NO3. The maximum absolute atomic E-state index is 12.7. The van der Waals surface area contributed by atoms with E-state index in [2.05, 4.69) is 0 Å². The van der Waals surface area contributed by atoms with Gasteiger partial charge in [0, 0.05) is 19.2 Å². The molecule has 0 unspecified atom stereocenters. The van der Waals surface area contributed by atoms with Gasteiger partial charge in [-0.1, -0.05) is 5.57 Å². The Bertz CT molecular complexity index is 647. The van der Waals surface area contributed by atoms with Crippen molar-refractivity contribution in [3.63, 3.8) is 0 Å². The van der Waals surface area contributed by atoms with Gasteiger partial charge in [-0.3, -0.25) is 9.59 Å². The van der Waals surface area contributed by atoms with E-state index in [1.165, 1.54) is 0 Å². The number of hydrogen-bond acceptors (Lipinski definition) is 3. The number of fused-ring (bicyclic) bond motifs is 2. The Balaban J connectivity index is 2.21. The quantitative estimate of drug-likeness (QED) is 0.786. The first-order valence-corrected chi connectivity index (χ1v) is 6.64. The summed E-state index contributed by atoms with van der Waals surface area (Å²) in [6.07, 6.45) is 2.49. The van der Waals surface area contributed by atoms with Gasteiger partial charge in [0.15, 0.2) is 5.78 Å². The van der Waals surface area contributed by atoms with Gasteiger partial charge in [0.05, 0.1) is 12.5 Å². The summed E-state index contributed by atoms with van der Waals surface area (Å²) in [5.41, 5.74) is 2.00. The van der Waals surface area contributed by atoms with E-state index in [1.54, 1.807) is 25.1 Å². The Morgan fingerprint density at radius 3 is 2.65 bits per heavy atom. The van der Waals surface area contributed by atoms with Crippen molar-refractivity contribution < 1.29 is 14.3 Å². The molecule has 0 N–H and O–H groups in total. The third-order valence-electron chi connectivity index (χ3n) is 4.26. The van der Waals surface area contributed by atoms with Crippen molar-refractivity contribution in [3.05, 3.63) is 35.4 Å². The molecule has 1 aromatic carbocycles. The summed E-state index contributed by atoms with van der Waals surface area (Å²) in [6, 6.07) is 5.62. The van der Waals surface area contributed by atoms with Crippen molar-refractivity contribution in [1.82, 2.24) is 0 Å². The van der Waals surface area contributed by atoms with Gasteiger partial charge in [0.2, 0.25) is 5.91 Å². The van der Waals surface area contributed by atoms with Crippen molar-refractivity contribution >= 4 is 17.4 Å². The lowest BCUT2D eigenvalue weighted by Gasteiger charge is -2.30. The Hall–Kier alpha value is -2.10. The van der Waals surface area contributed by atoms with Crippen molar-refractivity contribution in [2.24, 2.45) is 0 Å². The van der Waals surface area contributed by atoms with E-state index in [4.69, 9.17) is 4.74 Å². The van der Waals surface area contributed by atoms with Gasteiger partial charge in [-0.05, 0) is 43.2 Å². The number of rotatable bonds is 1. The van der Waals surface area contributed by atoms with Crippen LogP contribution in [0.25, 0.3) is 0 Å². The molecule has 0 bridgehead atoms. The second-order valence-electron chi connectivity index (χ2n) is 5.64. The number of benzene rings is 1. The third kappa shape index (κ3) is 1.60. The number of carbonyl (C=O) groups excluding carboxylic acids is 2. The SMILES string of the molecule is COc1ccc2c(c1)[C@]1(CC(=O)C=C(C)C1)C(=O)N2C. The summed E-state index contributed by atoms with van der Waals surface area (Å²) in [7, 11) is 3.37. The first-order valence-electron chi connectivity index (χ1n) is 6.64. The maximum atomic E-state index is 12.7. The normalized spacial score (nSPS) is 24.9. The summed E-state index contributed by atoms with van der Waals surface area (Å²) < 4.78 is 5.27. The number of ether oxygens (including phenoxy) is 1. The molecule has 1 aliphatic heterocycles. The van der Waals surface area contributed by atoms with Gasteiger partial charge < -0.3 is 9.64 Å². The zero-order chi connectivity index (χ0) is 14.5. The minimum atomic E-state index is -0.742. The van der Waals surface area contributed by atoms with Gasteiger partial charge in [0.25, 0.3) is 0 Å². The zero-order valence-corrected chi connectivity index (χ0v) is 11.9. The van der Waals surface area contributed by atoms with Crippen LogP contribution in [0.5, 0.6) is 5.75 Å². The molecule has 1 spiro atoms. The highest BCUT2D eigenvalue weighted by Gasteiger charge is 2.52. The topological polar surface area (TPSA) is 46.6 Å². The molecule has 4 heteroatoms. The lowest BCUT2D eigenvalue weighted by molar-refractivity contribution is -0.127. The predicted molar refractivity (Wildman–Crippen MR) is 76.1 cm³/mol. The molecule has 0 saturated heterocycles. The second kappa shape index (κ2) is 4.20. The van der Waals surface area contributed by atoms with Gasteiger partial charge in [-0.2, -0.15) is 0 Å². The number of carbonyl (C=O) groups is 2. The molecule has 0 saturated carbocycles. The summed E-state index contributed by atoms with van der Waals surface area (Å²) in [4.78, 5) is 26.4. The number of ketones is 1.